The molecule has 0 radical (unpaired) electrons. The molecule has 3 rings (SSSR count). The third-order valence-electron chi connectivity index (χ3n) is 4.55. The van der Waals surface area contributed by atoms with Crippen molar-refractivity contribution in [1.82, 2.24) is 10.3 Å². The first-order valence-electron chi connectivity index (χ1n) is 8.57. The summed E-state index contributed by atoms with van der Waals surface area (Å²) in [4.78, 5) is 19.0. The number of hydrogen-bond acceptors (Lipinski definition) is 4. The Balaban J connectivity index is 1.76. The molecule has 1 amide bonds. The Hall–Kier alpha value is -2.14. The van der Waals surface area contributed by atoms with E-state index in [-0.39, 0.29) is 18.1 Å². The van der Waals surface area contributed by atoms with Crippen LogP contribution in [0.3, 0.4) is 0 Å². The minimum Gasteiger partial charge on any atom is -0.365 e. The molecule has 5 nitrogen and oxygen atoms in total. The molecule has 2 atom stereocenters. The second kappa shape index (κ2) is 7.18. The lowest BCUT2D eigenvalue weighted by Crippen LogP contribution is -2.34. The predicted molar refractivity (Wildman–Crippen MR) is 96.1 cm³/mol. The highest BCUT2D eigenvalue weighted by atomic mass is 16.5. The first-order chi connectivity index (χ1) is 11.6. The Morgan fingerprint density at radius 3 is 2.83 bits per heavy atom. The summed E-state index contributed by atoms with van der Waals surface area (Å²) in [5, 5.41) is 4.11. The van der Waals surface area contributed by atoms with Crippen LogP contribution < -0.4 is 10.2 Å². The van der Waals surface area contributed by atoms with Gasteiger partial charge in [0.25, 0.3) is 0 Å². The molecule has 2 heterocycles. The topological polar surface area (TPSA) is 54.5 Å². The van der Waals surface area contributed by atoms with Gasteiger partial charge in [-0.1, -0.05) is 25.1 Å². The molecule has 1 N–H and O–H groups in total. The second-order valence-electron chi connectivity index (χ2n) is 6.50. The molecule has 0 bridgehead atoms. The highest BCUT2D eigenvalue weighted by molar-refractivity contribution is 5.85. The Morgan fingerprint density at radius 2 is 2.12 bits per heavy atom. The van der Waals surface area contributed by atoms with Crippen molar-refractivity contribution in [3.8, 4) is 0 Å². The van der Waals surface area contributed by atoms with Crippen LogP contribution in [0.15, 0.2) is 30.3 Å². The van der Waals surface area contributed by atoms with E-state index in [1.165, 1.54) is 0 Å². The second-order valence-corrected chi connectivity index (χ2v) is 6.50. The van der Waals surface area contributed by atoms with Crippen molar-refractivity contribution in [2.24, 2.45) is 0 Å². The normalized spacial score (nSPS) is 20.3. The SMILES string of the molecule is CC[C@H]1CC[C@H](C(=O)NCc2cc(N(C)C)nc3ccccc23)O1. The van der Waals surface area contributed by atoms with Crippen LogP contribution in [0.2, 0.25) is 0 Å². The van der Waals surface area contributed by atoms with Gasteiger partial charge in [-0.2, -0.15) is 0 Å². The summed E-state index contributed by atoms with van der Waals surface area (Å²) in [7, 11) is 3.94. The summed E-state index contributed by atoms with van der Waals surface area (Å²) in [6.45, 7) is 2.58. The molecule has 1 aliphatic rings. The number of nitrogens with one attached hydrogen (secondary N) is 1. The number of ether oxygens (including phenoxy) is 1. The molecule has 1 saturated heterocycles. The molecule has 1 fully saturated rings. The summed E-state index contributed by atoms with van der Waals surface area (Å²) in [5.74, 6) is 0.874. The third kappa shape index (κ3) is 3.51. The van der Waals surface area contributed by atoms with Crippen LogP contribution in [-0.4, -0.2) is 37.2 Å². The van der Waals surface area contributed by atoms with Crippen LogP contribution >= 0.6 is 0 Å². The van der Waals surface area contributed by atoms with Gasteiger partial charge in [-0.05, 0) is 37.0 Å². The molecular formula is C19H25N3O2. The zero-order valence-corrected chi connectivity index (χ0v) is 14.6. The standard InChI is InChI=1S/C19H25N3O2/c1-4-14-9-10-17(24-14)19(23)20-12-13-11-18(22(2)3)21-16-8-6-5-7-15(13)16/h5-8,11,14,17H,4,9-10,12H2,1-3H3,(H,20,23)/t14-,17+/m0/s1. The lowest BCUT2D eigenvalue weighted by atomic mass is 10.1. The minimum absolute atomic E-state index is 0.0155. The summed E-state index contributed by atoms with van der Waals surface area (Å²) >= 11 is 0. The van der Waals surface area contributed by atoms with Crippen molar-refractivity contribution in [2.75, 3.05) is 19.0 Å². The monoisotopic (exact) mass is 327 g/mol. The summed E-state index contributed by atoms with van der Waals surface area (Å²) < 4.78 is 5.78. The van der Waals surface area contributed by atoms with Crippen LogP contribution in [0.5, 0.6) is 0 Å². The van der Waals surface area contributed by atoms with Gasteiger partial charge in [0.2, 0.25) is 5.91 Å². The van der Waals surface area contributed by atoms with Crippen molar-refractivity contribution in [2.45, 2.75) is 44.9 Å². The molecule has 5 heteroatoms. The molecule has 24 heavy (non-hydrogen) atoms. The maximum absolute atomic E-state index is 12.4. The molecule has 128 valence electrons. The van der Waals surface area contributed by atoms with Gasteiger partial charge in [-0.25, -0.2) is 4.98 Å². The number of para-hydroxylation sites is 1. The average Bonchev–Trinajstić information content (AvgIpc) is 3.08. The van der Waals surface area contributed by atoms with Crippen LogP contribution in [0.1, 0.15) is 31.7 Å². The Morgan fingerprint density at radius 1 is 1.33 bits per heavy atom. The highest BCUT2D eigenvalue weighted by Crippen LogP contribution is 2.24. The number of nitrogens with zero attached hydrogens (tertiary/aromatic N) is 2. The number of aromatic nitrogens is 1. The molecule has 1 aliphatic heterocycles. The quantitative estimate of drug-likeness (QED) is 0.917. The highest BCUT2D eigenvalue weighted by Gasteiger charge is 2.29. The number of rotatable bonds is 5. The van der Waals surface area contributed by atoms with E-state index in [1.54, 1.807) is 0 Å². The van der Waals surface area contributed by atoms with Crippen LogP contribution in [0, 0.1) is 0 Å². The van der Waals surface area contributed by atoms with Gasteiger partial charge in [-0.3, -0.25) is 4.79 Å². The Bertz CT molecular complexity index is 730. The van der Waals surface area contributed by atoms with E-state index in [2.05, 4.69) is 17.2 Å². The summed E-state index contributed by atoms with van der Waals surface area (Å²) in [6, 6.07) is 10.1. The number of benzene rings is 1. The predicted octanol–water partition coefficient (Wildman–Crippen LogP) is 2.87. The Labute approximate surface area is 143 Å². The molecule has 2 aromatic rings. The van der Waals surface area contributed by atoms with E-state index in [4.69, 9.17) is 4.74 Å². The number of pyridine rings is 1. The van der Waals surface area contributed by atoms with E-state index in [0.29, 0.717) is 6.54 Å². The summed E-state index contributed by atoms with van der Waals surface area (Å²) in [6.07, 6.45) is 2.66. The fraction of sp³-hybridized carbons (Fsp3) is 0.474. The van der Waals surface area contributed by atoms with Gasteiger partial charge < -0.3 is 15.0 Å². The zero-order valence-electron chi connectivity index (χ0n) is 14.6. The fourth-order valence-electron chi connectivity index (χ4n) is 3.10. The van der Waals surface area contributed by atoms with Crippen LogP contribution in [0.25, 0.3) is 10.9 Å². The zero-order chi connectivity index (χ0) is 17.1. The van der Waals surface area contributed by atoms with Crippen molar-refractivity contribution in [3.05, 3.63) is 35.9 Å². The van der Waals surface area contributed by atoms with Gasteiger partial charge in [0.15, 0.2) is 0 Å². The molecule has 1 aromatic carbocycles. The number of anilines is 1. The van der Waals surface area contributed by atoms with Gasteiger partial charge in [0.1, 0.15) is 11.9 Å². The van der Waals surface area contributed by atoms with Gasteiger partial charge in [-0.15, -0.1) is 0 Å². The largest absolute Gasteiger partial charge is 0.365 e. The first kappa shape index (κ1) is 16.7. The molecule has 1 aromatic heterocycles. The van der Waals surface area contributed by atoms with E-state index in [0.717, 1.165) is 41.5 Å². The number of hydrogen-bond donors (Lipinski definition) is 1. The van der Waals surface area contributed by atoms with Gasteiger partial charge >= 0.3 is 0 Å². The summed E-state index contributed by atoms with van der Waals surface area (Å²) in [5.41, 5.74) is 2.01. The molecule has 0 unspecified atom stereocenters. The van der Waals surface area contributed by atoms with Crippen LogP contribution in [0.4, 0.5) is 5.82 Å². The lowest BCUT2D eigenvalue weighted by Gasteiger charge is -2.17. The first-order valence-corrected chi connectivity index (χ1v) is 8.57. The van der Waals surface area contributed by atoms with E-state index in [9.17, 15) is 4.79 Å². The number of carbonyl (C=O) groups is 1. The van der Waals surface area contributed by atoms with Gasteiger partial charge in [0.05, 0.1) is 11.6 Å². The van der Waals surface area contributed by atoms with Crippen molar-refractivity contribution >= 4 is 22.6 Å². The van der Waals surface area contributed by atoms with E-state index >= 15 is 0 Å². The average molecular weight is 327 g/mol. The van der Waals surface area contributed by atoms with Crippen molar-refractivity contribution in [1.29, 1.82) is 0 Å². The van der Waals surface area contributed by atoms with E-state index in [1.807, 2.05) is 49.3 Å². The molecular weight excluding hydrogens is 302 g/mol. The lowest BCUT2D eigenvalue weighted by molar-refractivity contribution is -0.132. The Kier molecular flexibility index (Phi) is 5.00. The van der Waals surface area contributed by atoms with Crippen molar-refractivity contribution < 1.29 is 9.53 Å². The number of carbonyl (C=O) groups excluding carboxylic acids is 1. The molecule has 0 saturated carbocycles. The number of fused-ring (bicyclic) bond motifs is 1. The number of amides is 1. The minimum atomic E-state index is -0.309. The smallest absolute Gasteiger partial charge is 0.249 e. The molecule has 0 spiro atoms. The maximum atomic E-state index is 12.4. The van der Waals surface area contributed by atoms with E-state index < -0.39 is 0 Å². The molecule has 0 aliphatic carbocycles. The van der Waals surface area contributed by atoms with Crippen molar-refractivity contribution in [3.63, 3.8) is 0 Å². The fourth-order valence-corrected chi connectivity index (χ4v) is 3.10. The maximum Gasteiger partial charge on any atom is 0.249 e. The van der Waals surface area contributed by atoms with Crippen LogP contribution in [-0.2, 0) is 16.1 Å². The van der Waals surface area contributed by atoms with Gasteiger partial charge in [0, 0.05) is 26.0 Å². The third-order valence-corrected chi connectivity index (χ3v) is 4.55.